The molecule has 1 aliphatic heterocycles. The Kier molecular flexibility index (Phi) is 7.62. The van der Waals surface area contributed by atoms with Crippen molar-refractivity contribution < 1.29 is 24.2 Å². The minimum absolute atomic E-state index is 0.0792. The third-order valence-electron chi connectivity index (χ3n) is 5.86. The summed E-state index contributed by atoms with van der Waals surface area (Å²) in [6, 6.07) is 15.3. The summed E-state index contributed by atoms with van der Waals surface area (Å²) in [5.74, 6) is -0.913. The van der Waals surface area contributed by atoms with Gasteiger partial charge in [-0.3, -0.25) is 9.36 Å². The number of aliphatic hydroxyl groups is 1. The van der Waals surface area contributed by atoms with E-state index in [1.165, 1.54) is 16.8 Å². The molecule has 11 nitrogen and oxygen atoms in total. The van der Waals surface area contributed by atoms with E-state index < -0.39 is 42.6 Å². The summed E-state index contributed by atoms with van der Waals surface area (Å²) in [4.78, 5) is 42.0. The van der Waals surface area contributed by atoms with Crippen molar-refractivity contribution in [1.82, 2.24) is 9.55 Å². The Labute approximate surface area is 207 Å². The number of aromatic nitrogens is 2. The monoisotopic (exact) mass is 493 g/mol. The lowest BCUT2D eigenvalue weighted by Crippen LogP contribution is -2.30. The van der Waals surface area contributed by atoms with Gasteiger partial charge in [-0.2, -0.15) is 4.98 Å². The molecule has 188 valence electrons. The number of hydrogen-bond acceptors (Lipinski definition) is 9. The fraction of sp³-hybridized carbons (Fsp3) is 0.280. The molecule has 4 rings (SSSR count). The molecular weight excluding hydrogens is 466 g/mol. The molecule has 2 aromatic carbocycles. The first-order valence-corrected chi connectivity index (χ1v) is 11.4. The Bertz CT molecular complexity index is 1310. The van der Waals surface area contributed by atoms with E-state index in [2.05, 4.69) is 20.9 Å². The van der Waals surface area contributed by atoms with Gasteiger partial charge in [-0.05, 0) is 30.3 Å². The number of ether oxygens (including phenoxy) is 2. The Hall–Kier alpha value is -4.22. The Morgan fingerprint density at radius 2 is 1.69 bits per heavy atom. The lowest BCUT2D eigenvalue weighted by Gasteiger charge is -2.17. The minimum Gasteiger partial charge on any atom is -0.456 e. The number of amides is 1. The third kappa shape index (κ3) is 5.21. The highest BCUT2D eigenvalue weighted by molar-refractivity contribution is 6.07. The van der Waals surface area contributed by atoms with Gasteiger partial charge < -0.3 is 30.5 Å². The maximum absolute atomic E-state index is 12.7. The van der Waals surface area contributed by atoms with Gasteiger partial charge in [0, 0.05) is 38.1 Å². The van der Waals surface area contributed by atoms with Crippen LogP contribution in [0.15, 0.2) is 65.6 Å². The number of hydrogen-bond donors (Lipinski definition) is 4. The van der Waals surface area contributed by atoms with Crippen molar-refractivity contribution >= 4 is 29.1 Å². The van der Waals surface area contributed by atoms with Crippen LogP contribution in [-0.4, -0.2) is 59.4 Å². The normalized spacial score (nSPS) is 18.9. The fourth-order valence-corrected chi connectivity index (χ4v) is 4.02. The molecule has 0 radical (unpaired) electrons. The van der Waals surface area contributed by atoms with Crippen LogP contribution in [0.5, 0.6) is 0 Å². The first-order chi connectivity index (χ1) is 17.4. The van der Waals surface area contributed by atoms with Gasteiger partial charge in [-0.25, -0.2) is 9.59 Å². The molecule has 1 saturated heterocycles. The number of nitrogens with zero attached hydrogens (tertiary/aromatic N) is 2. The van der Waals surface area contributed by atoms with E-state index in [0.717, 1.165) is 0 Å². The van der Waals surface area contributed by atoms with Crippen molar-refractivity contribution in [1.29, 1.82) is 0 Å². The Morgan fingerprint density at radius 3 is 2.33 bits per heavy atom. The SMILES string of the molecule is CNc1ccccc1C(=O)Nc1ccn([C@H]2C[C@H](OC(=O)c3ccccc3NC)[C@@H](CO)O2)c(=O)n1. The van der Waals surface area contributed by atoms with E-state index in [9.17, 15) is 19.5 Å². The van der Waals surface area contributed by atoms with Crippen LogP contribution in [-0.2, 0) is 9.47 Å². The lowest BCUT2D eigenvalue weighted by atomic mass is 10.1. The van der Waals surface area contributed by atoms with Crippen LogP contribution in [0, 0.1) is 0 Å². The van der Waals surface area contributed by atoms with Crippen molar-refractivity contribution in [2.24, 2.45) is 0 Å². The van der Waals surface area contributed by atoms with Crippen LogP contribution in [0.3, 0.4) is 0 Å². The molecule has 0 bridgehead atoms. The van der Waals surface area contributed by atoms with E-state index in [4.69, 9.17) is 9.47 Å². The van der Waals surface area contributed by atoms with Gasteiger partial charge in [0.25, 0.3) is 5.91 Å². The molecule has 1 fully saturated rings. The fourth-order valence-electron chi connectivity index (χ4n) is 4.02. The van der Waals surface area contributed by atoms with Crippen molar-refractivity contribution in [3.8, 4) is 0 Å². The second-order valence-corrected chi connectivity index (χ2v) is 8.04. The highest BCUT2D eigenvalue weighted by Gasteiger charge is 2.39. The molecule has 0 unspecified atom stereocenters. The first-order valence-electron chi connectivity index (χ1n) is 11.4. The quantitative estimate of drug-likeness (QED) is 0.347. The molecule has 1 aliphatic rings. The molecule has 11 heteroatoms. The van der Waals surface area contributed by atoms with Crippen LogP contribution in [0.2, 0.25) is 0 Å². The maximum atomic E-state index is 12.7. The van der Waals surface area contributed by atoms with Gasteiger partial charge >= 0.3 is 11.7 Å². The maximum Gasteiger partial charge on any atom is 0.351 e. The van der Waals surface area contributed by atoms with Gasteiger partial charge in [0.15, 0.2) is 0 Å². The summed E-state index contributed by atoms with van der Waals surface area (Å²) >= 11 is 0. The summed E-state index contributed by atoms with van der Waals surface area (Å²) in [5.41, 5.74) is 1.33. The van der Waals surface area contributed by atoms with Crippen molar-refractivity contribution in [2.45, 2.75) is 24.9 Å². The molecule has 3 aromatic rings. The molecular formula is C25H27N5O6. The highest BCUT2D eigenvalue weighted by Crippen LogP contribution is 2.31. The molecule has 1 amide bonds. The van der Waals surface area contributed by atoms with E-state index in [1.54, 1.807) is 62.6 Å². The molecule has 36 heavy (non-hydrogen) atoms. The molecule has 4 N–H and O–H groups in total. The number of carbonyl (C=O) groups is 2. The molecule has 0 spiro atoms. The van der Waals surface area contributed by atoms with Gasteiger partial charge in [0.2, 0.25) is 0 Å². The third-order valence-corrected chi connectivity index (χ3v) is 5.86. The predicted molar refractivity (Wildman–Crippen MR) is 133 cm³/mol. The van der Waals surface area contributed by atoms with Crippen molar-refractivity contribution in [3.05, 3.63) is 82.4 Å². The second kappa shape index (κ2) is 11.0. The first kappa shape index (κ1) is 24.9. The number of benzene rings is 2. The Balaban J connectivity index is 1.46. The average molecular weight is 494 g/mol. The van der Waals surface area contributed by atoms with Gasteiger partial charge in [0.1, 0.15) is 24.3 Å². The van der Waals surface area contributed by atoms with Crippen molar-refractivity contribution in [3.63, 3.8) is 0 Å². The van der Waals surface area contributed by atoms with E-state index in [1.807, 2.05) is 0 Å². The zero-order valence-corrected chi connectivity index (χ0v) is 19.8. The zero-order valence-electron chi connectivity index (χ0n) is 19.8. The summed E-state index contributed by atoms with van der Waals surface area (Å²) in [5, 5.41) is 18.3. The van der Waals surface area contributed by atoms with Crippen LogP contribution >= 0.6 is 0 Å². The number of esters is 1. The topological polar surface area (TPSA) is 144 Å². The Morgan fingerprint density at radius 1 is 1.06 bits per heavy atom. The van der Waals surface area contributed by atoms with Crippen LogP contribution in [0.25, 0.3) is 0 Å². The number of carbonyl (C=O) groups excluding carboxylic acids is 2. The number of aliphatic hydroxyl groups excluding tert-OH is 1. The summed E-state index contributed by atoms with van der Waals surface area (Å²) < 4.78 is 12.6. The summed E-state index contributed by atoms with van der Waals surface area (Å²) in [6.07, 6.45) is -0.822. The second-order valence-electron chi connectivity index (χ2n) is 8.04. The van der Waals surface area contributed by atoms with Gasteiger partial charge in [0.05, 0.1) is 17.7 Å². The minimum atomic E-state index is -0.815. The number of anilines is 3. The standard InChI is InChI=1S/C25H27N5O6/c1-26-17-9-5-3-7-15(17)23(32)28-21-11-12-30(25(34)29-21)22-13-19(20(14-31)35-22)36-24(33)16-8-4-6-10-18(16)27-2/h3-12,19-20,22,26-27,31H,13-14H2,1-2H3,(H,28,29,32,34)/t19-,20+,22+/m0/s1. The predicted octanol–water partition coefficient (Wildman–Crippen LogP) is 2.08. The highest BCUT2D eigenvalue weighted by atomic mass is 16.6. The van der Waals surface area contributed by atoms with E-state index >= 15 is 0 Å². The molecule has 3 atom stereocenters. The van der Waals surface area contributed by atoms with E-state index in [-0.39, 0.29) is 12.2 Å². The van der Waals surface area contributed by atoms with Gasteiger partial charge in [-0.15, -0.1) is 0 Å². The summed E-state index contributed by atoms with van der Waals surface area (Å²) in [6.45, 7) is -0.399. The smallest absolute Gasteiger partial charge is 0.351 e. The number of para-hydroxylation sites is 2. The van der Waals surface area contributed by atoms with Gasteiger partial charge in [-0.1, -0.05) is 24.3 Å². The number of rotatable bonds is 8. The largest absolute Gasteiger partial charge is 0.456 e. The average Bonchev–Trinajstić information content (AvgIpc) is 3.30. The molecule has 2 heterocycles. The summed E-state index contributed by atoms with van der Waals surface area (Å²) in [7, 11) is 3.40. The molecule has 0 aliphatic carbocycles. The van der Waals surface area contributed by atoms with Crippen LogP contribution in [0.1, 0.15) is 33.4 Å². The molecule has 1 aromatic heterocycles. The number of nitrogens with one attached hydrogen (secondary N) is 3. The van der Waals surface area contributed by atoms with E-state index in [0.29, 0.717) is 22.5 Å². The lowest BCUT2D eigenvalue weighted by molar-refractivity contribution is -0.0521. The van der Waals surface area contributed by atoms with Crippen LogP contribution < -0.4 is 21.6 Å². The molecule has 0 saturated carbocycles. The zero-order chi connectivity index (χ0) is 25.7. The van der Waals surface area contributed by atoms with Crippen molar-refractivity contribution in [2.75, 3.05) is 36.7 Å². The van der Waals surface area contributed by atoms with Crippen LogP contribution in [0.4, 0.5) is 17.2 Å².